The lowest BCUT2D eigenvalue weighted by atomic mass is 10.3. The maximum absolute atomic E-state index is 11.5. The van der Waals surface area contributed by atoms with Crippen LogP contribution in [0.5, 0.6) is 0 Å². The smallest absolute Gasteiger partial charge is 0.313 e. The van der Waals surface area contributed by atoms with Gasteiger partial charge in [0, 0.05) is 5.69 Å². The minimum absolute atomic E-state index is 0.0424. The summed E-state index contributed by atoms with van der Waals surface area (Å²) in [6, 6.07) is 8.90. The summed E-state index contributed by atoms with van der Waals surface area (Å²) in [5.41, 5.74) is 0.661. The van der Waals surface area contributed by atoms with Gasteiger partial charge in [-0.2, -0.15) is 0 Å². The molecule has 1 aromatic carbocycles. The van der Waals surface area contributed by atoms with Crippen LogP contribution in [-0.2, 0) is 9.59 Å². The van der Waals surface area contributed by atoms with Gasteiger partial charge in [0.05, 0.1) is 17.2 Å². The molecule has 0 saturated carbocycles. The highest BCUT2D eigenvalue weighted by atomic mass is 32.2. The highest BCUT2D eigenvalue weighted by molar-refractivity contribution is 8.14. The molecule has 1 aromatic rings. The van der Waals surface area contributed by atoms with Crippen molar-refractivity contribution < 1.29 is 14.7 Å². The number of benzene rings is 1. The number of hydrogen-bond donors (Lipinski definition) is 3. The van der Waals surface area contributed by atoms with Crippen molar-refractivity contribution in [1.29, 1.82) is 5.41 Å². The molecule has 0 spiro atoms. The molecule has 0 aliphatic heterocycles. The lowest BCUT2D eigenvalue weighted by Gasteiger charge is -2.04. The zero-order valence-corrected chi connectivity index (χ0v) is 9.79. The minimum Gasteiger partial charge on any atom is -0.481 e. The Balaban J connectivity index is 2.35. The molecular weight excluding hydrogens is 240 g/mol. The molecule has 0 bridgehead atoms. The van der Waals surface area contributed by atoms with E-state index in [2.05, 4.69) is 5.32 Å². The third kappa shape index (κ3) is 5.72. The second-order valence-corrected chi connectivity index (χ2v) is 4.27. The van der Waals surface area contributed by atoms with Crippen LogP contribution in [-0.4, -0.2) is 27.8 Å². The summed E-state index contributed by atoms with van der Waals surface area (Å²) in [5.74, 6) is -1.51. The van der Waals surface area contributed by atoms with E-state index in [0.29, 0.717) is 5.69 Å². The maximum atomic E-state index is 11.5. The molecule has 0 aromatic heterocycles. The van der Waals surface area contributed by atoms with E-state index in [4.69, 9.17) is 10.5 Å². The number of carboxylic acid groups (broad SMARTS) is 1. The van der Waals surface area contributed by atoms with Gasteiger partial charge in [0.2, 0.25) is 5.91 Å². The van der Waals surface area contributed by atoms with Gasteiger partial charge in [-0.1, -0.05) is 30.0 Å². The zero-order chi connectivity index (χ0) is 12.7. The molecule has 0 aliphatic rings. The average molecular weight is 252 g/mol. The number of carboxylic acids is 1. The maximum Gasteiger partial charge on any atom is 0.313 e. The van der Waals surface area contributed by atoms with Crippen molar-refractivity contribution in [3.63, 3.8) is 0 Å². The van der Waals surface area contributed by atoms with Crippen LogP contribution in [0.3, 0.4) is 0 Å². The van der Waals surface area contributed by atoms with Crippen LogP contribution in [0.15, 0.2) is 30.3 Å². The first-order chi connectivity index (χ1) is 8.08. The van der Waals surface area contributed by atoms with Crippen LogP contribution in [0.2, 0.25) is 0 Å². The molecular formula is C11H12N2O3S. The second kappa shape index (κ2) is 6.70. The zero-order valence-electron chi connectivity index (χ0n) is 8.97. The first-order valence-corrected chi connectivity index (χ1v) is 5.83. The van der Waals surface area contributed by atoms with Crippen molar-refractivity contribution in [2.45, 2.75) is 6.42 Å². The average Bonchev–Trinajstić information content (AvgIpc) is 2.27. The van der Waals surface area contributed by atoms with Crippen molar-refractivity contribution in [1.82, 2.24) is 0 Å². The molecule has 0 unspecified atom stereocenters. The molecule has 6 heteroatoms. The largest absolute Gasteiger partial charge is 0.481 e. The van der Waals surface area contributed by atoms with Crippen molar-refractivity contribution >= 4 is 34.4 Å². The number of amides is 1. The third-order valence-corrected chi connectivity index (χ3v) is 2.63. The Hall–Kier alpha value is -1.82. The van der Waals surface area contributed by atoms with E-state index in [1.54, 1.807) is 24.3 Å². The van der Waals surface area contributed by atoms with Gasteiger partial charge >= 0.3 is 5.97 Å². The summed E-state index contributed by atoms with van der Waals surface area (Å²) >= 11 is 0.846. The summed E-state index contributed by atoms with van der Waals surface area (Å²) in [4.78, 5) is 21.7. The Morgan fingerprint density at radius 2 is 1.94 bits per heavy atom. The molecule has 90 valence electrons. The fraction of sp³-hybridized carbons (Fsp3) is 0.182. The number of para-hydroxylation sites is 1. The number of hydrogen-bond acceptors (Lipinski definition) is 4. The summed E-state index contributed by atoms with van der Waals surface area (Å²) in [5, 5.41) is 18.5. The fourth-order valence-electron chi connectivity index (χ4n) is 1.07. The first-order valence-electron chi connectivity index (χ1n) is 4.85. The number of nitrogens with one attached hydrogen (secondary N) is 2. The van der Waals surface area contributed by atoms with Crippen LogP contribution in [0.1, 0.15) is 6.42 Å². The van der Waals surface area contributed by atoms with Gasteiger partial charge in [0.25, 0.3) is 0 Å². The Kier molecular flexibility index (Phi) is 5.22. The predicted octanol–water partition coefficient (Wildman–Crippen LogP) is 1.81. The number of carbonyl (C=O) groups is 2. The number of thioether (sulfide) groups is 1. The normalized spacial score (nSPS) is 9.65. The van der Waals surface area contributed by atoms with Crippen molar-refractivity contribution in [2.24, 2.45) is 0 Å². The standard InChI is InChI=1S/C11H12N2O3S/c12-9(17-7-11(15)16)6-10(14)13-8-4-2-1-3-5-8/h1-5,12H,6-7H2,(H,13,14)(H,15,16). The monoisotopic (exact) mass is 252 g/mol. The SMILES string of the molecule is N=C(CC(=O)Nc1ccccc1)SCC(=O)O. The molecule has 0 aliphatic carbocycles. The van der Waals surface area contributed by atoms with Crippen LogP contribution >= 0.6 is 11.8 Å². The molecule has 1 rings (SSSR count). The van der Waals surface area contributed by atoms with Gasteiger partial charge in [-0.3, -0.25) is 15.0 Å². The van der Waals surface area contributed by atoms with Crippen molar-refractivity contribution in [3.05, 3.63) is 30.3 Å². The molecule has 5 nitrogen and oxygen atoms in total. The number of aliphatic carboxylic acids is 1. The highest BCUT2D eigenvalue weighted by Gasteiger charge is 2.08. The van der Waals surface area contributed by atoms with Gasteiger partial charge in [-0.25, -0.2) is 0 Å². The third-order valence-electron chi connectivity index (χ3n) is 1.75. The molecule has 0 radical (unpaired) electrons. The quantitative estimate of drug-likeness (QED) is 0.550. The summed E-state index contributed by atoms with van der Waals surface area (Å²) in [6.45, 7) is 0. The van der Waals surface area contributed by atoms with E-state index in [-0.39, 0.29) is 23.1 Å². The van der Waals surface area contributed by atoms with Gasteiger partial charge in [-0.05, 0) is 12.1 Å². The van der Waals surface area contributed by atoms with Gasteiger partial charge < -0.3 is 10.4 Å². The molecule has 0 heterocycles. The summed E-state index contributed by atoms with van der Waals surface area (Å²) < 4.78 is 0. The Morgan fingerprint density at radius 3 is 2.53 bits per heavy atom. The molecule has 3 N–H and O–H groups in total. The van der Waals surface area contributed by atoms with Crippen LogP contribution < -0.4 is 5.32 Å². The predicted molar refractivity (Wildman–Crippen MR) is 67.5 cm³/mol. The van der Waals surface area contributed by atoms with E-state index in [1.165, 1.54) is 0 Å². The Bertz CT molecular complexity index is 420. The van der Waals surface area contributed by atoms with Gasteiger partial charge in [0.15, 0.2) is 0 Å². The first kappa shape index (κ1) is 13.2. The number of carbonyl (C=O) groups excluding carboxylic acids is 1. The lowest BCUT2D eigenvalue weighted by Crippen LogP contribution is -2.15. The van der Waals surface area contributed by atoms with Crippen LogP contribution in [0, 0.1) is 5.41 Å². The van der Waals surface area contributed by atoms with E-state index in [9.17, 15) is 9.59 Å². The second-order valence-electron chi connectivity index (χ2n) is 3.20. The van der Waals surface area contributed by atoms with E-state index >= 15 is 0 Å². The highest BCUT2D eigenvalue weighted by Crippen LogP contribution is 2.09. The lowest BCUT2D eigenvalue weighted by molar-refractivity contribution is -0.133. The molecule has 0 saturated heterocycles. The summed E-state index contributed by atoms with van der Waals surface area (Å²) in [7, 11) is 0. The van der Waals surface area contributed by atoms with E-state index in [1.807, 2.05) is 6.07 Å². The Labute approximate surface area is 103 Å². The molecule has 17 heavy (non-hydrogen) atoms. The summed E-state index contributed by atoms with van der Waals surface area (Å²) in [6.07, 6.45) is -0.104. The van der Waals surface area contributed by atoms with Gasteiger partial charge in [0.1, 0.15) is 0 Å². The van der Waals surface area contributed by atoms with Crippen LogP contribution in [0.25, 0.3) is 0 Å². The van der Waals surface area contributed by atoms with E-state index < -0.39 is 5.97 Å². The molecule has 0 fully saturated rings. The number of anilines is 1. The topological polar surface area (TPSA) is 90.3 Å². The number of rotatable bonds is 5. The van der Waals surface area contributed by atoms with E-state index in [0.717, 1.165) is 11.8 Å². The Morgan fingerprint density at radius 1 is 1.29 bits per heavy atom. The van der Waals surface area contributed by atoms with Crippen molar-refractivity contribution in [2.75, 3.05) is 11.1 Å². The van der Waals surface area contributed by atoms with Gasteiger partial charge in [-0.15, -0.1) is 0 Å². The fourth-order valence-corrected chi connectivity index (χ4v) is 1.60. The molecule has 1 amide bonds. The minimum atomic E-state index is -0.997. The van der Waals surface area contributed by atoms with Crippen molar-refractivity contribution in [3.8, 4) is 0 Å². The van der Waals surface area contributed by atoms with Crippen LogP contribution in [0.4, 0.5) is 5.69 Å². The molecule has 0 atom stereocenters.